The molecule has 0 aliphatic heterocycles. The summed E-state index contributed by atoms with van der Waals surface area (Å²) < 4.78 is 4.61. The predicted octanol–water partition coefficient (Wildman–Crippen LogP) is 15.9. The third-order valence-electron chi connectivity index (χ3n) is 13.8. The normalized spacial score (nSPS) is 11.5. The minimum Gasteiger partial charge on any atom is -0.306 e. The molecule has 74 heavy (non-hydrogen) atoms. The van der Waals surface area contributed by atoms with Gasteiger partial charge < -0.3 is 4.57 Å². The third-order valence-corrected chi connectivity index (χ3v) is 13.8. The number of nitrogens with zero attached hydrogens (tertiary/aromatic N) is 8. The maximum Gasteiger partial charge on any atom is 0.238 e. The van der Waals surface area contributed by atoms with Crippen molar-refractivity contribution in [3.05, 3.63) is 255 Å². The minimum absolute atomic E-state index is 0.506. The van der Waals surface area contributed by atoms with E-state index in [0.29, 0.717) is 35.1 Å². The first-order valence-electron chi connectivity index (χ1n) is 24.7. The Morgan fingerprint density at radius 3 is 1.15 bits per heavy atom. The van der Waals surface area contributed by atoms with Crippen LogP contribution in [-0.4, -0.2) is 39.0 Å². The van der Waals surface area contributed by atoms with Gasteiger partial charge in [-0.25, -0.2) is 19.9 Å². The van der Waals surface area contributed by atoms with Gasteiger partial charge in [0.25, 0.3) is 0 Å². The van der Waals surface area contributed by atoms with Crippen LogP contribution in [0.15, 0.2) is 255 Å². The van der Waals surface area contributed by atoms with E-state index in [1.807, 2.05) is 84.9 Å². The lowest BCUT2D eigenvalue weighted by molar-refractivity contribution is 0.953. The second-order valence-corrected chi connectivity index (χ2v) is 18.3. The molecule has 0 atom stereocenters. The van der Waals surface area contributed by atoms with Crippen molar-refractivity contribution in [3.63, 3.8) is 0 Å². The summed E-state index contributed by atoms with van der Waals surface area (Å²) >= 11 is 0. The van der Waals surface area contributed by atoms with E-state index in [-0.39, 0.29) is 0 Å². The van der Waals surface area contributed by atoms with Gasteiger partial charge in [-0.3, -0.25) is 4.57 Å². The maximum atomic E-state index is 5.48. The SMILES string of the molecule is c1ccc(-c2cccc(-c3cccc(-c4nc(-c5ccccc5)nc(-n5c6ccccc6c6ccc7c8ccccc8n(-c8ccccc8-c8nc(-c9ccccc9)nc(-c9ccccc9)n8)c7c65)n4)c3)c2)cc1. The summed E-state index contributed by atoms with van der Waals surface area (Å²) in [6.07, 6.45) is 0. The van der Waals surface area contributed by atoms with Gasteiger partial charge >= 0.3 is 0 Å². The number of hydrogen-bond acceptors (Lipinski definition) is 6. The number of rotatable bonds is 9. The van der Waals surface area contributed by atoms with Crippen molar-refractivity contribution >= 4 is 43.6 Å². The Balaban J connectivity index is 1.03. The molecule has 8 nitrogen and oxygen atoms in total. The van der Waals surface area contributed by atoms with Gasteiger partial charge in [0, 0.05) is 49.4 Å². The fraction of sp³-hybridized carbons (Fsp3) is 0. The Bertz CT molecular complexity index is 4360. The predicted molar refractivity (Wildman–Crippen MR) is 300 cm³/mol. The molecule has 0 aliphatic carbocycles. The molecule has 0 unspecified atom stereocenters. The van der Waals surface area contributed by atoms with Crippen LogP contribution >= 0.6 is 0 Å². The summed E-state index contributed by atoms with van der Waals surface area (Å²) in [5.41, 5.74) is 13.8. The molecular formula is C66H42N8. The van der Waals surface area contributed by atoms with E-state index < -0.39 is 0 Å². The monoisotopic (exact) mass is 946 g/mol. The lowest BCUT2D eigenvalue weighted by Crippen LogP contribution is -2.07. The van der Waals surface area contributed by atoms with E-state index in [4.69, 9.17) is 29.9 Å². The van der Waals surface area contributed by atoms with Crippen molar-refractivity contribution < 1.29 is 0 Å². The Hall–Kier alpha value is -10.2. The molecule has 4 heterocycles. The topological polar surface area (TPSA) is 87.2 Å². The lowest BCUT2D eigenvalue weighted by Gasteiger charge is -2.16. The Morgan fingerprint density at radius 2 is 0.595 bits per heavy atom. The molecule has 0 amide bonds. The molecule has 4 aromatic heterocycles. The highest BCUT2D eigenvalue weighted by Crippen LogP contribution is 2.43. The van der Waals surface area contributed by atoms with E-state index >= 15 is 0 Å². The van der Waals surface area contributed by atoms with Gasteiger partial charge in [-0.2, -0.15) is 9.97 Å². The van der Waals surface area contributed by atoms with Gasteiger partial charge in [-0.1, -0.05) is 218 Å². The highest BCUT2D eigenvalue weighted by molar-refractivity contribution is 6.24. The van der Waals surface area contributed by atoms with Gasteiger partial charge in [0.15, 0.2) is 29.1 Å². The second-order valence-electron chi connectivity index (χ2n) is 18.3. The van der Waals surface area contributed by atoms with E-state index in [1.54, 1.807) is 0 Å². The second kappa shape index (κ2) is 17.9. The number of para-hydroxylation sites is 3. The standard InChI is InChI=1S/C66H42N8/c1-5-21-43(22-6-1)47-29-19-30-48(41-47)49-31-20-32-50(42-49)64-68-63(46-27-11-4-12-28-46)71-66(72-64)74-57-37-17-14-34-52(57)54-40-39-53-51-33-13-16-36-56(51)73(59(53)60(54)74)58-38-18-15-35-55(58)65-69-61(44-23-7-2-8-24-44)67-62(70-65)45-25-9-3-10-26-45/h1-42H. The smallest absolute Gasteiger partial charge is 0.238 e. The first kappa shape index (κ1) is 42.7. The average Bonchev–Trinajstić information content (AvgIpc) is 4.06. The van der Waals surface area contributed by atoms with E-state index in [2.05, 4.69) is 179 Å². The average molecular weight is 947 g/mol. The molecule has 0 N–H and O–H groups in total. The zero-order valence-electron chi connectivity index (χ0n) is 39.8. The van der Waals surface area contributed by atoms with Crippen LogP contribution in [0.5, 0.6) is 0 Å². The molecule has 8 heteroatoms. The van der Waals surface area contributed by atoms with Crippen molar-refractivity contribution in [2.24, 2.45) is 0 Å². The van der Waals surface area contributed by atoms with E-state index in [9.17, 15) is 0 Å². The van der Waals surface area contributed by atoms with Crippen LogP contribution in [0.1, 0.15) is 0 Å². The van der Waals surface area contributed by atoms with Crippen molar-refractivity contribution in [3.8, 4) is 90.8 Å². The Morgan fingerprint density at radius 1 is 0.230 bits per heavy atom. The first-order valence-corrected chi connectivity index (χ1v) is 24.7. The molecule has 0 fully saturated rings. The Labute approximate surface area is 426 Å². The summed E-state index contributed by atoms with van der Waals surface area (Å²) in [6.45, 7) is 0. The largest absolute Gasteiger partial charge is 0.306 e. The van der Waals surface area contributed by atoms with Gasteiger partial charge in [0.1, 0.15) is 0 Å². The van der Waals surface area contributed by atoms with Gasteiger partial charge in [-0.05, 0) is 58.7 Å². The van der Waals surface area contributed by atoms with Crippen LogP contribution in [0.4, 0.5) is 0 Å². The lowest BCUT2D eigenvalue weighted by atomic mass is 9.98. The summed E-state index contributed by atoms with van der Waals surface area (Å²) in [6, 6.07) is 88.2. The minimum atomic E-state index is 0.506. The summed E-state index contributed by atoms with van der Waals surface area (Å²) in [5.74, 6) is 3.41. The molecule has 0 bridgehead atoms. The summed E-state index contributed by atoms with van der Waals surface area (Å²) in [7, 11) is 0. The quantitative estimate of drug-likeness (QED) is 0.143. The number of hydrogen-bond donors (Lipinski definition) is 0. The third kappa shape index (κ3) is 7.40. The molecular weight excluding hydrogens is 905 g/mol. The van der Waals surface area contributed by atoms with Gasteiger partial charge in [0.05, 0.1) is 27.8 Å². The van der Waals surface area contributed by atoms with Crippen LogP contribution in [-0.2, 0) is 0 Å². The fourth-order valence-corrected chi connectivity index (χ4v) is 10.4. The fourth-order valence-electron chi connectivity index (χ4n) is 10.4. The molecule has 14 rings (SSSR count). The van der Waals surface area contributed by atoms with Crippen molar-refractivity contribution in [1.29, 1.82) is 0 Å². The molecule has 0 spiro atoms. The molecule has 0 aliphatic rings. The van der Waals surface area contributed by atoms with Crippen molar-refractivity contribution in [2.45, 2.75) is 0 Å². The van der Waals surface area contributed by atoms with Gasteiger partial charge in [0.2, 0.25) is 5.95 Å². The van der Waals surface area contributed by atoms with Crippen LogP contribution in [0.25, 0.3) is 134 Å². The first-order chi connectivity index (χ1) is 36.7. The molecule has 14 aromatic rings. The van der Waals surface area contributed by atoms with Crippen LogP contribution in [0, 0.1) is 0 Å². The zero-order chi connectivity index (χ0) is 49.0. The molecule has 0 saturated carbocycles. The number of fused-ring (bicyclic) bond motifs is 7. The number of aromatic nitrogens is 8. The van der Waals surface area contributed by atoms with E-state index in [1.165, 1.54) is 5.56 Å². The Kier molecular flexibility index (Phi) is 10.3. The van der Waals surface area contributed by atoms with E-state index in [0.717, 1.165) is 93.8 Å². The summed E-state index contributed by atoms with van der Waals surface area (Å²) in [4.78, 5) is 31.7. The van der Waals surface area contributed by atoms with Gasteiger partial charge in [-0.15, -0.1) is 0 Å². The zero-order valence-corrected chi connectivity index (χ0v) is 39.8. The maximum absolute atomic E-state index is 5.48. The molecule has 10 aromatic carbocycles. The van der Waals surface area contributed by atoms with Crippen molar-refractivity contribution in [1.82, 2.24) is 39.0 Å². The summed E-state index contributed by atoms with van der Waals surface area (Å²) in [5, 5.41) is 4.34. The molecule has 0 saturated heterocycles. The molecule has 0 radical (unpaired) electrons. The van der Waals surface area contributed by atoms with Crippen LogP contribution < -0.4 is 0 Å². The van der Waals surface area contributed by atoms with Crippen LogP contribution in [0.2, 0.25) is 0 Å². The highest BCUT2D eigenvalue weighted by Gasteiger charge is 2.25. The van der Waals surface area contributed by atoms with Crippen LogP contribution in [0.3, 0.4) is 0 Å². The number of benzene rings is 10. The molecule has 346 valence electrons. The highest BCUT2D eigenvalue weighted by atomic mass is 15.2. The van der Waals surface area contributed by atoms with Crippen molar-refractivity contribution in [2.75, 3.05) is 0 Å².